The molecule has 0 bridgehead atoms. The molecule has 0 aromatic carbocycles. The number of nitrogens with zero attached hydrogens (tertiary/aromatic N) is 1. The van der Waals surface area contributed by atoms with E-state index in [0.29, 0.717) is 5.41 Å². The lowest BCUT2D eigenvalue weighted by molar-refractivity contribution is -0.128. The summed E-state index contributed by atoms with van der Waals surface area (Å²) in [5.41, 5.74) is 5.82. The molecule has 13 heavy (non-hydrogen) atoms. The van der Waals surface area contributed by atoms with E-state index in [9.17, 15) is 4.79 Å². The molecule has 0 unspecified atom stereocenters. The molecule has 0 radical (unpaired) electrons. The topological polar surface area (TPSA) is 46.3 Å². The van der Waals surface area contributed by atoms with Crippen LogP contribution in [0, 0.1) is 5.41 Å². The van der Waals surface area contributed by atoms with Crippen LogP contribution in [0.3, 0.4) is 0 Å². The third kappa shape index (κ3) is 2.21. The third-order valence-corrected chi connectivity index (χ3v) is 2.92. The van der Waals surface area contributed by atoms with Crippen LogP contribution >= 0.6 is 0 Å². The molecule has 1 heterocycles. The van der Waals surface area contributed by atoms with Crippen LogP contribution in [0.2, 0.25) is 0 Å². The maximum absolute atomic E-state index is 11.1. The van der Waals surface area contributed by atoms with Gasteiger partial charge < -0.3 is 10.6 Å². The van der Waals surface area contributed by atoms with Crippen molar-refractivity contribution in [2.75, 3.05) is 19.6 Å². The minimum Gasteiger partial charge on any atom is -0.341 e. The van der Waals surface area contributed by atoms with Gasteiger partial charge in [0.2, 0.25) is 5.91 Å². The zero-order valence-electron chi connectivity index (χ0n) is 8.68. The molecule has 3 nitrogen and oxygen atoms in total. The first-order valence-corrected chi connectivity index (χ1v) is 5.24. The van der Waals surface area contributed by atoms with Crippen molar-refractivity contribution in [3.8, 4) is 0 Å². The Morgan fingerprint density at radius 1 is 1.38 bits per heavy atom. The molecule has 2 rings (SSSR count). The van der Waals surface area contributed by atoms with Gasteiger partial charge in [-0.3, -0.25) is 4.79 Å². The summed E-state index contributed by atoms with van der Waals surface area (Å²) in [7, 11) is 0. The minimum absolute atomic E-state index is 0.119. The fourth-order valence-corrected chi connectivity index (χ4v) is 1.86. The largest absolute Gasteiger partial charge is 0.341 e. The Bertz CT molecular complexity index is 187. The molecule has 3 heteroatoms. The molecule has 0 aromatic rings. The Morgan fingerprint density at radius 3 is 2.38 bits per heavy atom. The van der Waals surface area contributed by atoms with Crippen LogP contribution < -0.4 is 5.73 Å². The van der Waals surface area contributed by atoms with Gasteiger partial charge in [-0.15, -0.1) is 0 Å². The summed E-state index contributed by atoms with van der Waals surface area (Å²) in [5.74, 6) is 0.119. The number of rotatable bonds is 1. The summed E-state index contributed by atoms with van der Waals surface area (Å²) in [6.45, 7) is 6.09. The molecule has 2 N–H and O–H groups in total. The van der Waals surface area contributed by atoms with E-state index in [1.54, 1.807) is 0 Å². The number of nitrogens with two attached hydrogens (primary N) is 1. The quantitative estimate of drug-likeness (QED) is 0.660. The van der Waals surface area contributed by atoms with Gasteiger partial charge in [0.05, 0.1) is 6.54 Å². The lowest BCUT2D eigenvalue weighted by atomic mass is 10.1. The zero-order chi connectivity index (χ0) is 9.90. The summed E-state index contributed by atoms with van der Waals surface area (Å²) in [5, 5.41) is 0. The monoisotopic (exact) mass is 184 g/mol. The lowest BCUT2D eigenvalue weighted by Gasteiger charge is -2.14. The molecule has 1 saturated carbocycles. The van der Waals surface area contributed by atoms with Crippen molar-refractivity contribution in [2.24, 2.45) is 11.1 Å². The zero-order valence-corrected chi connectivity index (χ0v) is 8.68. The van der Waals surface area contributed by atoms with Gasteiger partial charge in [0.25, 0.3) is 0 Å². The third-order valence-electron chi connectivity index (χ3n) is 2.92. The van der Waals surface area contributed by atoms with Crippen LogP contribution in [0.5, 0.6) is 0 Å². The molecule has 1 saturated heterocycles. The van der Waals surface area contributed by atoms with Crippen LogP contribution in [0.1, 0.15) is 33.1 Å². The number of likely N-dealkylation sites (tertiary alicyclic amines) is 1. The number of hydrogen-bond donors (Lipinski definition) is 1. The molecule has 1 aliphatic heterocycles. The van der Waals surface area contributed by atoms with Gasteiger partial charge >= 0.3 is 0 Å². The predicted molar refractivity (Wildman–Crippen MR) is 53.3 cm³/mol. The molecule has 1 aliphatic carbocycles. The van der Waals surface area contributed by atoms with E-state index in [2.05, 4.69) is 0 Å². The smallest absolute Gasteiger partial charge is 0.236 e. The number of amides is 1. The molecule has 1 spiro atoms. The SMILES string of the molecule is CC.NCC(=O)N1CCC2(CC2)C1. The lowest BCUT2D eigenvalue weighted by Crippen LogP contribution is -2.34. The first-order chi connectivity index (χ1) is 6.26. The molecule has 2 aliphatic rings. The van der Waals surface area contributed by atoms with E-state index in [1.165, 1.54) is 19.3 Å². The second-order valence-electron chi connectivity index (χ2n) is 3.77. The van der Waals surface area contributed by atoms with Crippen molar-refractivity contribution >= 4 is 5.91 Å². The average Bonchev–Trinajstić information content (AvgIpc) is 2.79. The summed E-state index contributed by atoms with van der Waals surface area (Å²) in [4.78, 5) is 13.0. The molecule has 2 fully saturated rings. The molecular weight excluding hydrogens is 164 g/mol. The van der Waals surface area contributed by atoms with E-state index in [-0.39, 0.29) is 12.5 Å². The van der Waals surface area contributed by atoms with Crippen molar-refractivity contribution in [1.82, 2.24) is 4.90 Å². The molecule has 76 valence electrons. The van der Waals surface area contributed by atoms with Crippen molar-refractivity contribution in [1.29, 1.82) is 0 Å². The second-order valence-corrected chi connectivity index (χ2v) is 3.77. The van der Waals surface area contributed by atoms with E-state index in [4.69, 9.17) is 5.73 Å². The van der Waals surface area contributed by atoms with E-state index >= 15 is 0 Å². The van der Waals surface area contributed by atoms with Crippen molar-refractivity contribution in [3.63, 3.8) is 0 Å². The van der Waals surface area contributed by atoms with Crippen LogP contribution in [-0.4, -0.2) is 30.4 Å². The van der Waals surface area contributed by atoms with Crippen LogP contribution in [0.4, 0.5) is 0 Å². The first-order valence-electron chi connectivity index (χ1n) is 5.24. The van der Waals surface area contributed by atoms with E-state index in [1.807, 2.05) is 18.7 Å². The average molecular weight is 184 g/mol. The van der Waals surface area contributed by atoms with Crippen LogP contribution in [0.25, 0.3) is 0 Å². The summed E-state index contributed by atoms with van der Waals surface area (Å²) in [6.07, 6.45) is 3.85. The van der Waals surface area contributed by atoms with Crippen molar-refractivity contribution in [2.45, 2.75) is 33.1 Å². The molecular formula is C10H20N2O. The summed E-state index contributed by atoms with van der Waals surface area (Å²) in [6, 6.07) is 0. The Labute approximate surface area is 80.3 Å². The van der Waals surface area contributed by atoms with Gasteiger partial charge in [0.15, 0.2) is 0 Å². The number of carbonyl (C=O) groups excluding carboxylic acids is 1. The first kappa shape index (κ1) is 10.5. The number of hydrogen-bond acceptors (Lipinski definition) is 2. The van der Waals surface area contributed by atoms with Gasteiger partial charge in [-0.05, 0) is 24.7 Å². The van der Waals surface area contributed by atoms with Gasteiger partial charge in [-0.25, -0.2) is 0 Å². The van der Waals surface area contributed by atoms with Crippen LogP contribution in [0.15, 0.2) is 0 Å². The normalized spacial score (nSPS) is 22.5. The minimum atomic E-state index is 0.119. The van der Waals surface area contributed by atoms with Crippen LogP contribution in [-0.2, 0) is 4.79 Å². The Kier molecular flexibility index (Phi) is 3.31. The summed E-state index contributed by atoms with van der Waals surface area (Å²) >= 11 is 0. The molecule has 0 atom stereocenters. The Morgan fingerprint density at radius 2 is 2.00 bits per heavy atom. The van der Waals surface area contributed by atoms with E-state index < -0.39 is 0 Å². The maximum Gasteiger partial charge on any atom is 0.236 e. The predicted octanol–water partition coefficient (Wildman–Crippen LogP) is 0.984. The fraction of sp³-hybridized carbons (Fsp3) is 0.900. The Hall–Kier alpha value is -0.570. The maximum atomic E-state index is 11.1. The molecule has 1 amide bonds. The fourth-order valence-electron chi connectivity index (χ4n) is 1.86. The van der Waals surface area contributed by atoms with Gasteiger partial charge in [-0.2, -0.15) is 0 Å². The summed E-state index contributed by atoms with van der Waals surface area (Å²) < 4.78 is 0. The van der Waals surface area contributed by atoms with Crippen molar-refractivity contribution < 1.29 is 4.79 Å². The van der Waals surface area contributed by atoms with E-state index in [0.717, 1.165) is 13.1 Å². The highest BCUT2D eigenvalue weighted by Crippen LogP contribution is 2.52. The number of carbonyl (C=O) groups is 1. The van der Waals surface area contributed by atoms with Gasteiger partial charge in [0, 0.05) is 13.1 Å². The second kappa shape index (κ2) is 4.09. The van der Waals surface area contributed by atoms with Gasteiger partial charge in [-0.1, -0.05) is 13.8 Å². The highest BCUT2D eigenvalue weighted by atomic mass is 16.2. The molecule has 0 aromatic heterocycles. The standard InChI is InChI=1S/C8H14N2O.C2H6/c9-5-7(11)10-4-3-8(6-10)1-2-8;1-2/h1-6,9H2;1-2H3. The van der Waals surface area contributed by atoms with Gasteiger partial charge in [0.1, 0.15) is 0 Å². The highest BCUT2D eigenvalue weighted by molar-refractivity contribution is 5.78. The van der Waals surface area contributed by atoms with Crippen molar-refractivity contribution in [3.05, 3.63) is 0 Å². The highest BCUT2D eigenvalue weighted by Gasteiger charge is 2.48. The Balaban J connectivity index is 0.000000396.